The van der Waals surface area contributed by atoms with Crippen molar-refractivity contribution in [3.8, 4) is 0 Å². The highest BCUT2D eigenvalue weighted by molar-refractivity contribution is 6.30. The highest BCUT2D eigenvalue weighted by atomic mass is 35.5. The maximum atomic E-state index is 12.7. The van der Waals surface area contributed by atoms with Crippen molar-refractivity contribution in [2.24, 2.45) is 5.41 Å². The Balaban J connectivity index is 0.00000261. The van der Waals surface area contributed by atoms with Crippen LogP contribution in [0.25, 0.3) is 0 Å². The number of piperidine rings is 1. The van der Waals surface area contributed by atoms with Gasteiger partial charge in [0.25, 0.3) is 0 Å². The van der Waals surface area contributed by atoms with Crippen LogP contribution in [0.5, 0.6) is 0 Å². The second-order valence-electron chi connectivity index (χ2n) is 7.19. The van der Waals surface area contributed by atoms with E-state index in [0.29, 0.717) is 11.4 Å². The smallest absolute Gasteiger partial charge is 0.313 e. The highest BCUT2D eigenvalue weighted by Gasteiger charge is 2.43. The summed E-state index contributed by atoms with van der Waals surface area (Å²) < 4.78 is 5.21. The Morgan fingerprint density at radius 1 is 1.11 bits per heavy atom. The summed E-state index contributed by atoms with van der Waals surface area (Å²) in [4.78, 5) is 15.1. The fourth-order valence-electron chi connectivity index (χ4n) is 3.94. The molecule has 1 aliphatic heterocycles. The lowest BCUT2D eigenvalue weighted by Gasteiger charge is -2.41. The molecule has 1 atom stereocenters. The van der Waals surface area contributed by atoms with Gasteiger partial charge in [-0.1, -0.05) is 54.1 Å². The molecule has 1 fully saturated rings. The summed E-state index contributed by atoms with van der Waals surface area (Å²) in [6.45, 7) is 2.74. The van der Waals surface area contributed by atoms with Gasteiger partial charge in [-0.05, 0) is 55.5 Å². The molecule has 1 saturated heterocycles. The van der Waals surface area contributed by atoms with Crippen LogP contribution in [0.2, 0.25) is 5.02 Å². The molecule has 2 aromatic carbocycles. The third-order valence-electron chi connectivity index (χ3n) is 5.29. The first-order valence-electron chi connectivity index (χ1n) is 9.20. The molecule has 1 aliphatic rings. The van der Waals surface area contributed by atoms with Crippen LogP contribution in [0.15, 0.2) is 54.6 Å². The molecule has 0 N–H and O–H groups in total. The molecular weight excluding hydrogens is 381 g/mol. The van der Waals surface area contributed by atoms with E-state index in [-0.39, 0.29) is 18.4 Å². The summed E-state index contributed by atoms with van der Waals surface area (Å²) in [5, 5.41) is 0.717. The third kappa shape index (κ3) is 5.71. The van der Waals surface area contributed by atoms with Gasteiger partial charge in [0.2, 0.25) is 0 Å². The number of rotatable bonds is 6. The largest absolute Gasteiger partial charge is 0.469 e. The van der Waals surface area contributed by atoms with E-state index in [9.17, 15) is 4.79 Å². The molecule has 146 valence electrons. The number of likely N-dealkylation sites (tertiary alicyclic amines) is 1. The lowest BCUT2D eigenvalue weighted by molar-refractivity contribution is -0.156. The van der Waals surface area contributed by atoms with Crippen LogP contribution in [-0.2, 0) is 22.4 Å². The molecule has 2 aromatic rings. The maximum absolute atomic E-state index is 12.7. The number of esters is 1. The summed E-state index contributed by atoms with van der Waals surface area (Å²) in [5.41, 5.74) is 1.99. The summed E-state index contributed by atoms with van der Waals surface area (Å²) >= 11 is 6.00. The first-order valence-corrected chi connectivity index (χ1v) is 9.58. The van der Waals surface area contributed by atoms with Crippen molar-refractivity contribution < 1.29 is 9.53 Å². The Bertz CT molecular complexity index is 721. The van der Waals surface area contributed by atoms with Crippen LogP contribution in [0.3, 0.4) is 0 Å². The number of benzene rings is 2. The molecule has 0 radical (unpaired) electrons. The van der Waals surface area contributed by atoms with Gasteiger partial charge in [-0.3, -0.25) is 4.79 Å². The molecule has 3 nitrogen and oxygen atoms in total. The molecule has 1 heterocycles. The van der Waals surface area contributed by atoms with Gasteiger partial charge in [-0.15, -0.1) is 12.4 Å². The minimum absolute atomic E-state index is 0. The quantitative estimate of drug-likeness (QED) is 0.643. The zero-order valence-electron chi connectivity index (χ0n) is 15.7. The zero-order valence-corrected chi connectivity index (χ0v) is 17.3. The number of methoxy groups -OCH3 is 1. The molecule has 1 unspecified atom stereocenters. The van der Waals surface area contributed by atoms with Crippen molar-refractivity contribution in [3.63, 3.8) is 0 Å². The van der Waals surface area contributed by atoms with Crippen molar-refractivity contribution >= 4 is 30.0 Å². The SMILES string of the molecule is COC(=O)C1(Cc2ccc(Cl)cc2)CCCN(CCc2ccccc2)C1.Cl. The second kappa shape index (κ2) is 10.1. The second-order valence-corrected chi connectivity index (χ2v) is 7.63. The highest BCUT2D eigenvalue weighted by Crippen LogP contribution is 2.35. The monoisotopic (exact) mass is 407 g/mol. The molecule has 0 amide bonds. The van der Waals surface area contributed by atoms with Gasteiger partial charge in [0.1, 0.15) is 0 Å². The number of ether oxygens (including phenoxy) is 1. The van der Waals surface area contributed by atoms with E-state index in [4.69, 9.17) is 16.3 Å². The van der Waals surface area contributed by atoms with E-state index >= 15 is 0 Å². The number of hydrogen-bond acceptors (Lipinski definition) is 3. The van der Waals surface area contributed by atoms with Gasteiger partial charge in [-0.25, -0.2) is 0 Å². The molecule has 3 rings (SSSR count). The minimum Gasteiger partial charge on any atom is -0.469 e. The van der Waals surface area contributed by atoms with Gasteiger partial charge < -0.3 is 9.64 Å². The predicted molar refractivity (Wildman–Crippen MR) is 113 cm³/mol. The lowest BCUT2D eigenvalue weighted by atomic mass is 9.75. The molecule has 0 bridgehead atoms. The number of hydrogen-bond donors (Lipinski definition) is 0. The maximum Gasteiger partial charge on any atom is 0.313 e. The van der Waals surface area contributed by atoms with Crippen molar-refractivity contribution in [1.29, 1.82) is 0 Å². The van der Waals surface area contributed by atoms with Gasteiger partial charge in [0.15, 0.2) is 0 Å². The number of carbonyl (C=O) groups excluding carboxylic acids is 1. The standard InChI is InChI=1S/C22H26ClNO2.ClH/c1-26-21(25)22(16-19-8-10-20(23)11-9-19)13-5-14-24(17-22)15-12-18-6-3-2-4-7-18;/h2-4,6-11H,5,12-17H2,1H3;1H. The lowest BCUT2D eigenvalue weighted by Crippen LogP contribution is -2.50. The van der Waals surface area contributed by atoms with Crippen LogP contribution in [0.1, 0.15) is 24.0 Å². The van der Waals surface area contributed by atoms with Gasteiger partial charge in [0, 0.05) is 18.1 Å². The Morgan fingerprint density at radius 3 is 2.48 bits per heavy atom. The fourth-order valence-corrected chi connectivity index (χ4v) is 4.07. The zero-order chi connectivity index (χ0) is 18.4. The van der Waals surface area contributed by atoms with Crippen molar-refractivity contribution in [2.75, 3.05) is 26.7 Å². The summed E-state index contributed by atoms with van der Waals surface area (Å²) in [6.07, 6.45) is 3.57. The summed E-state index contributed by atoms with van der Waals surface area (Å²) in [6, 6.07) is 18.3. The third-order valence-corrected chi connectivity index (χ3v) is 5.54. The first kappa shape index (κ1) is 21.7. The Labute approximate surface area is 173 Å². The van der Waals surface area contributed by atoms with E-state index in [2.05, 4.69) is 29.2 Å². The summed E-state index contributed by atoms with van der Waals surface area (Å²) in [7, 11) is 1.49. The average molecular weight is 408 g/mol. The van der Waals surface area contributed by atoms with Crippen LogP contribution >= 0.6 is 24.0 Å². The molecule has 0 saturated carbocycles. The van der Waals surface area contributed by atoms with Crippen LogP contribution in [-0.4, -0.2) is 37.6 Å². The molecule has 0 spiro atoms. The predicted octanol–water partition coefficient (Wildman–Crippen LogP) is 4.80. The normalized spacial score (nSPS) is 19.9. The van der Waals surface area contributed by atoms with E-state index < -0.39 is 5.41 Å². The van der Waals surface area contributed by atoms with Crippen molar-refractivity contribution in [1.82, 2.24) is 4.90 Å². The van der Waals surface area contributed by atoms with Crippen molar-refractivity contribution in [3.05, 3.63) is 70.7 Å². The van der Waals surface area contributed by atoms with Crippen LogP contribution < -0.4 is 0 Å². The molecule has 0 aromatic heterocycles. The molecular formula is C22H27Cl2NO2. The van der Waals surface area contributed by atoms with E-state index in [1.54, 1.807) is 0 Å². The van der Waals surface area contributed by atoms with Gasteiger partial charge in [-0.2, -0.15) is 0 Å². The van der Waals surface area contributed by atoms with E-state index in [0.717, 1.165) is 44.5 Å². The Kier molecular flexibility index (Phi) is 8.15. The number of carbonyl (C=O) groups is 1. The topological polar surface area (TPSA) is 29.5 Å². The molecule has 0 aliphatic carbocycles. The number of nitrogens with zero attached hydrogens (tertiary/aromatic N) is 1. The Hall–Kier alpha value is -1.55. The minimum atomic E-state index is -0.475. The first-order chi connectivity index (χ1) is 12.6. The fraction of sp³-hybridized carbons (Fsp3) is 0.409. The van der Waals surface area contributed by atoms with Crippen LogP contribution in [0, 0.1) is 5.41 Å². The average Bonchev–Trinajstić information content (AvgIpc) is 2.68. The number of halogens is 2. The summed E-state index contributed by atoms with van der Waals surface area (Å²) in [5.74, 6) is -0.100. The Morgan fingerprint density at radius 2 is 1.81 bits per heavy atom. The van der Waals surface area contributed by atoms with Crippen molar-refractivity contribution in [2.45, 2.75) is 25.7 Å². The van der Waals surface area contributed by atoms with E-state index in [1.807, 2.05) is 30.3 Å². The van der Waals surface area contributed by atoms with Crippen LogP contribution in [0.4, 0.5) is 0 Å². The van der Waals surface area contributed by atoms with Gasteiger partial charge in [0.05, 0.1) is 12.5 Å². The molecule has 5 heteroatoms. The van der Waals surface area contributed by atoms with Gasteiger partial charge >= 0.3 is 5.97 Å². The van der Waals surface area contributed by atoms with E-state index in [1.165, 1.54) is 12.7 Å². The molecule has 27 heavy (non-hydrogen) atoms.